The summed E-state index contributed by atoms with van der Waals surface area (Å²) in [5.74, 6) is -1.42. The summed E-state index contributed by atoms with van der Waals surface area (Å²) in [6, 6.07) is 0. The molecule has 160 valence electrons. The average Bonchev–Trinajstić information content (AvgIpc) is 3.27. The average molecular weight is 426 g/mol. The lowest BCUT2D eigenvalue weighted by Gasteiger charge is -2.56. The van der Waals surface area contributed by atoms with Crippen LogP contribution in [0.3, 0.4) is 0 Å². The Labute approximate surface area is 171 Å². The maximum atomic E-state index is 12.8. The fraction of sp³-hybridized carbons (Fsp3) is 0.800. The molecule has 0 amide bonds. The number of cyclic esters (lactones) is 1. The second kappa shape index (κ2) is 5.49. The van der Waals surface area contributed by atoms with E-state index in [0.29, 0.717) is 18.4 Å². The van der Waals surface area contributed by atoms with Crippen LogP contribution in [0.2, 0.25) is 0 Å². The molecule has 0 radical (unpaired) electrons. The number of ether oxygens (including phenoxy) is 3. The molecule has 10 atom stereocenters. The first-order chi connectivity index (χ1) is 13.4. The van der Waals surface area contributed by atoms with E-state index in [2.05, 4.69) is 0 Å². The highest BCUT2D eigenvalue weighted by Crippen LogP contribution is 2.73. The van der Waals surface area contributed by atoms with Crippen molar-refractivity contribution in [1.82, 2.24) is 0 Å². The summed E-state index contributed by atoms with van der Waals surface area (Å²) in [5.41, 5.74) is -4.00. The molecule has 3 aliphatic heterocycles. The molecule has 5 rings (SSSR count). The van der Waals surface area contributed by atoms with Gasteiger partial charge in [0.15, 0.2) is 11.7 Å². The van der Waals surface area contributed by atoms with Crippen molar-refractivity contribution in [3.05, 3.63) is 11.6 Å². The van der Waals surface area contributed by atoms with Crippen molar-refractivity contribution in [2.24, 2.45) is 16.7 Å². The molecule has 2 aliphatic carbocycles. The van der Waals surface area contributed by atoms with Gasteiger partial charge in [-0.2, -0.15) is 0 Å². The summed E-state index contributed by atoms with van der Waals surface area (Å²) < 4.78 is 29.3. The van der Waals surface area contributed by atoms with Gasteiger partial charge in [-0.15, -0.1) is 0 Å². The highest BCUT2D eigenvalue weighted by molar-refractivity contribution is 7.84. The van der Waals surface area contributed by atoms with Gasteiger partial charge in [-0.3, -0.25) is 9.00 Å². The number of carbonyl (C=O) groups is 2. The molecule has 2 saturated heterocycles. The zero-order valence-corrected chi connectivity index (χ0v) is 17.7. The molecule has 0 unspecified atom stereocenters. The van der Waals surface area contributed by atoms with Gasteiger partial charge in [0.05, 0.1) is 17.3 Å². The van der Waals surface area contributed by atoms with Crippen LogP contribution in [0.15, 0.2) is 11.6 Å². The third-order valence-electron chi connectivity index (χ3n) is 7.93. The van der Waals surface area contributed by atoms with Crippen LogP contribution in [0.5, 0.6) is 0 Å². The zero-order chi connectivity index (χ0) is 21.1. The quantitative estimate of drug-likeness (QED) is 0.471. The van der Waals surface area contributed by atoms with Crippen molar-refractivity contribution in [1.29, 1.82) is 0 Å². The summed E-state index contributed by atoms with van der Waals surface area (Å²) in [4.78, 5) is 25.4. The van der Waals surface area contributed by atoms with Gasteiger partial charge in [0.2, 0.25) is 0 Å². The minimum atomic E-state index is -1.63. The smallest absolute Gasteiger partial charge is 0.331 e. The summed E-state index contributed by atoms with van der Waals surface area (Å²) in [7, 11) is -1.35. The minimum Gasteiger partial charge on any atom is -0.459 e. The molecule has 2 N–H and O–H groups in total. The predicted octanol–water partition coefficient (Wildman–Crippen LogP) is -0.172. The summed E-state index contributed by atoms with van der Waals surface area (Å²) in [5, 5.41) is 22.2. The molecule has 0 aromatic rings. The number of epoxide rings is 1. The van der Waals surface area contributed by atoms with Gasteiger partial charge in [-0.25, -0.2) is 4.79 Å². The molecule has 29 heavy (non-hydrogen) atoms. The monoisotopic (exact) mass is 426 g/mol. The lowest BCUT2D eigenvalue weighted by molar-refractivity contribution is -0.172. The summed E-state index contributed by atoms with van der Waals surface area (Å²) >= 11 is 0. The van der Waals surface area contributed by atoms with Gasteiger partial charge in [-0.05, 0) is 32.3 Å². The highest BCUT2D eigenvalue weighted by Gasteiger charge is 2.85. The molecule has 5 aliphatic rings. The minimum absolute atomic E-state index is 0.110. The van der Waals surface area contributed by atoms with Crippen molar-refractivity contribution < 1.29 is 38.2 Å². The third-order valence-corrected chi connectivity index (χ3v) is 8.92. The molecule has 1 spiro atoms. The molecule has 0 aromatic heterocycles. The number of fused-ring (bicyclic) bond motifs is 2. The maximum Gasteiger partial charge on any atom is 0.331 e. The normalized spacial score (nSPS) is 52.8. The Morgan fingerprint density at radius 3 is 2.66 bits per heavy atom. The number of hydrogen-bond acceptors (Lipinski definition) is 8. The van der Waals surface area contributed by atoms with Crippen molar-refractivity contribution in [2.75, 3.05) is 12.0 Å². The topological polar surface area (TPSA) is 123 Å². The van der Waals surface area contributed by atoms with E-state index in [1.54, 1.807) is 0 Å². The Balaban J connectivity index is 1.69. The van der Waals surface area contributed by atoms with Gasteiger partial charge in [-0.1, -0.05) is 6.92 Å². The Bertz CT molecular complexity index is 882. The molecule has 0 aromatic carbocycles. The van der Waals surface area contributed by atoms with E-state index in [1.165, 1.54) is 19.3 Å². The molecular formula is C20H26O8S. The maximum absolute atomic E-state index is 12.8. The van der Waals surface area contributed by atoms with Crippen LogP contribution in [-0.2, 0) is 34.6 Å². The van der Waals surface area contributed by atoms with E-state index < -0.39 is 63.2 Å². The first-order valence-electron chi connectivity index (χ1n) is 9.91. The molecule has 9 heteroatoms. The van der Waals surface area contributed by atoms with E-state index in [1.807, 2.05) is 13.8 Å². The van der Waals surface area contributed by atoms with Crippen LogP contribution in [0.1, 0.15) is 33.6 Å². The number of rotatable bonds is 3. The number of aliphatic hydroxyl groups excluding tert-OH is 1. The van der Waals surface area contributed by atoms with Crippen LogP contribution >= 0.6 is 0 Å². The molecule has 4 fully saturated rings. The van der Waals surface area contributed by atoms with Crippen molar-refractivity contribution >= 4 is 22.7 Å². The number of hydrogen-bond donors (Lipinski definition) is 2. The first-order valence-corrected chi connectivity index (χ1v) is 11.6. The van der Waals surface area contributed by atoms with E-state index in [4.69, 9.17) is 14.2 Å². The van der Waals surface area contributed by atoms with Crippen LogP contribution in [0.25, 0.3) is 0 Å². The Kier molecular flexibility index (Phi) is 3.72. The molecular weight excluding hydrogens is 400 g/mol. The zero-order valence-electron chi connectivity index (χ0n) is 16.8. The van der Waals surface area contributed by atoms with Crippen molar-refractivity contribution in [3.63, 3.8) is 0 Å². The third kappa shape index (κ3) is 2.17. The molecule has 0 bridgehead atoms. The predicted molar refractivity (Wildman–Crippen MR) is 99.9 cm³/mol. The SMILES string of the molecule is C[S@](=O)C[C@](C)(O)[C@H]1OC(=O)C=C2[C@@]3(C)[C@H](O)CC[C@]4(C)C(=O)O[C@H]([C@H]5O[C@@]251)[C@H]34. The van der Waals surface area contributed by atoms with E-state index in [-0.39, 0.29) is 17.6 Å². The van der Waals surface area contributed by atoms with Gasteiger partial charge in [0, 0.05) is 34.5 Å². The van der Waals surface area contributed by atoms with Crippen LogP contribution in [0, 0.1) is 16.7 Å². The molecule has 3 heterocycles. The second-order valence-electron chi connectivity index (χ2n) is 9.88. The Hall–Kier alpha value is -1.29. The Morgan fingerprint density at radius 2 is 2.00 bits per heavy atom. The van der Waals surface area contributed by atoms with Gasteiger partial charge >= 0.3 is 11.9 Å². The first kappa shape index (κ1) is 19.7. The number of carbonyl (C=O) groups excluding carboxylic acids is 2. The van der Waals surface area contributed by atoms with Crippen LogP contribution < -0.4 is 0 Å². The van der Waals surface area contributed by atoms with E-state index >= 15 is 0 Å². The van der Waals surface area contributed by atoms with Crippen LogP contribution in [-0.4, -0.2) is 74.0 Å². The molecule has 8 nitrogen and oxygen atoms in total. The van der Waals surface area contributed by atoms with E-state index in [9.17, 15) is 24.0 Å². The van der Waals surface area contributed by atoms with Crippen LogP contribution in [0.4, 0.5) is 0 Å². The van der Waals surface area contributed by atoms with Gasteiger partial charge in [0.1, 0.15) is 17.8 Å². The van der Waals surface area contributed by atoms with Gasteiger partial charge < -0.3 is 24.4 Å². The standard InChI is InChI=1S/C20H26O8S/c1-17-6-5-10(21)19(3)9-7-11(22)26-15(18(2,24)8-29(4)25)20(9)14(28-20)12(13(17)19)27-16(17)23/h7,10,12-15,21,24H,5-6,8H2,1-4H3/t10-,12+,13+,14-,15-,17+,18+,19+,20+,29+/m1/s1. The highest BCUT2D eigenvalue weighted by atomic mass is 32.2. The lowest BCUT2D eigenvalue weighted by atomic mass is 9.46. The van der Waals surface area contributed by atoms with Gasteiger partial charge in [0.25, 0.3) is 0 Å². The fourth-order valence-electron chi connectivity index (χ4n) is 6.78. The van der Waals surface area contributed by atoms with E-state index in [0.717, 1.165) is 0 Å². The van der Waals surface area contributed by atoms with Crippen molar-refractivity contribution in [3.8, 4) is 0 Å². The number of esters is 2. The largest absolute Gasteiger partial charge is 0.459 e. The molecule has 2 saturated carbocycles. The van der Waals surface area contributed by atoms with Crippen molar-refractivity contribution in [2.45, 2.75) is 69.2 Å². The summed E-state index contributed by atoms with van der Waals surface area (Å²) in [6.45, 7) is 5.18. The second-order valence-corrected chi connectivity index (χ2v) is 11.3. The Morgan fingerprint density at radius 1 is 1.31 bits per heavy atom. The fourth-order valence-corrected chi connectivity index (χ4v) is 7.76. The lowest BCUT2D eigenvalue weighted by Crippen LogP contribution is -2.67. The summed E-state index contributed by atoms with van der Waals surface area (Å²) in [6.07, 6.45) is 0.590. The number of aliphatic hydroxyl groups is 2.